The lowest BCUT2D eigenvalue weighted by atomic mass is 9.96. The lowest BCUT2D eigenvalue weighted by Crippen LogP contribution is -2.24. The zero-order valence-corrected chi connectivity index (χ0v) is 14.3. The number of unbranched alkanes of at least 4 members (excludes halogenated alkanes) is 1. The summed E-state index contributed by atoms with van der Waals surface area (Å²) in [4.78, 5) is 12.1. The molecule has 128 valence electrons. The molecule has 0 saturated carbocycles. The number of carbonyl (C=O) groups excluding carboxylic acids is 1. The first kappa shape index (κ1) is 16.8. The summed E-state index contributed by atoms with van der Waals surface area (Å²) in [6.45, 7) is 3.35. The summed E-state index contributed by atoms with van der Waals surface area (Å²) in [5.41, 5.74) is 8.00. The van der Waals surface area contributed by atoms with Gasteiger partial charge in [0.05, 0.1) is 12.5 Å². The molecule has 2 atom stereocenters. The number of hydrogen-bond acceptors (Lipinski definition) is 4. The van der Waals surface area contributed by atoms with Gasteiger partial charge in [0.15, 0.2) is 0 Å². The summed E-state index contributed by atoms with van der Waals surface area (Å²) in [6.07, 6.45) is 3.72. The van der Waals surface area contributed by atoms with Crippen LogP contribution in [0.15, 0.2) is 36.4 Å². The predicted molar refractivity (Wildman–Crippen MR) is 97.8 cm³/mol. The quantitative estimate of drug-likeness (QED) is 0.486. The molecule has 4 nitrogen and oxygen atoms in total. The summed E-state index contributed by atoms with van der Waals surface area (Å²) in [7, 11) is 0. The van der Waals surface area contributed by atoms with Crippen molar-refractivity contribution in [1.29, 1.82) is 0 Å². The highest BCUT2D eigenvalue weighted by Crippen LogP contribution is 2.25. The molecule has 1 aliphatic heterocycles. The Morgan fingerprint density at radius 3 is 3.04 bits per heavy atom. The second-order valence-corrected chi connectivity index (χ2v) is 6.66. The van der Waals surface area contributed by atoms with Crippen molar-refractivity contribution in [1.82, 2.24) is 5.32 Å². The number of nitrogen functional groups attached to an aromatic ring is 1. The number of nitrogens with one attached hydrogen (secondary N) is 1. The summed E-state index contributed by atoms with van der Waals surface area (Å²) >= 11 is 0. The Kier molecular flexibility index (Phi) is 5.36. The van der Waals surface area contributed by atoms with Crippen molar-refractivity contribution >= 4 is 22.4 Å². The minimum absolute atomic E-state index is 0.0214. The first-order chi connectivity index (χ1) is 11.7. The Bertz CT molecular complexity index is 714. The van der Waals surface area contributed by atoms with Gasteiger partial charge in [-0.2, -0.15) is 0 Å². The lowest BCUT2D eigenvalue weighted by molar-refractivity contribution is -0.148. The van der Waals surface area contributed by atoms with Gasteiger partial charge in [-0.15, -0.1) is 0 Å². The SMILES string of the molecule is CCCCOC(=O)C1CN[C@@H](Cc2cccc3ccc(N)cc23)C1. The molecule has 2 aromatic carbocycles. The Morgan fingerprint density at radius 1 is 1.33 bits per heavy atom. The second kappa shape index (κ2) is 7.67. The van der Waals surface area contributed by atoms with Crippen molar-refractivity contribution in [2.45, 2.75) is 38.6 Å². The number of esters is 1. The molecular weight excluding hydrogens is 300 g/mol. The maximum atomic E-state index is 12.1. The lowest BCUT2D eigenvalue weighted by Gasteiger charge is -2.13. The molecule has 0 aromatic heterocycles. The molecule has 24 heavy (non-hydrogen) atoms. The van der Waals surface area contributed by atoms with Gasteiger partial charge < -0.3 is 15.8 Å². The first-order valence-electron chi connectivity index (χ1n) is 8.84. The largest absolute Gasteiger partial charge is 0.465 e. The number of benzene rings is 2. The van der Waals surface area contributed by atoms with Crippen molar-refractivity contribution in [3.63, 3.8) is 0 Å². The molecule has 0 amide bonds. The van der Waals surface area contributed by atoms with Gasteiger partial charge in [0.2, 0.25) is 0 Å². The standard InChI is InChI=1S/C20H26N2O2/c1-2-3-9-24-20(23)16-11-18(22-13-16)10-15-6-4-5-14-7-8-17(21)12-19(14)15/h4-8,12,16,18,22H,2-3,9-11,13,21H2,1H3/t16?,18-/m0/s1. The van der Waals surface area contributed by atoms with Crippen molar-refractivity contribution in [2.75, 3.05) is 18.9 Å². The van der Waals surface area contributed by atoms with Gasteiger partial charge in [0.1, 0.15) is 0 Å². The zero-order valence-electron chi connectivity index (χ0n) is 14.3. The maximum absolute atomic E-state index is 12.1. The fourth-order valence-corrected chi connectivity index (χ4v) is 3.39. The fraction of sp³-hybridized carbons (Fsp3) is 0.450. The van der Waals surface area contributed by atoms with Crippen LogP contribution in [0.25, 0.3) is 10.8 Å². The average Bonchev–Trinajstić information content (AvgIpc) is 3.04. The minimum Gasteiger partial charge on any atom is -0.465 e. The molecule has 0 radical (unpaired) electrons. The van der Waals surface area contributed by atoms with Crippen molar-refractivity contribution in [2.24, 2.45) is 5.92 Å². The molecule has 0 spiro atoms. The molecule has 1 fully saturated rings. The van der Waals surface area contributed by atoms with Crippen LogP contribution in [-0.2, 0) is 16.0 Å². The monoisotopic (exact) mass is 326 g/mol. The van der Waals surface area contributed by atoms with E-state index in [4.69, 9.17) is 10.5 Å². The number of nitrogens with two attached hydrogens (primary N) is 1. The minimum atomic E-state index is -0.0550. The Hall–Kier alpha value is -2.07. The number of ether oxygens (including phenoxy) is 1. The molecule has 3 rings (SSSR count). The zero-order chi connectivity index (χ0) is 16.9. The van der Waals surface area contributed by atoms with Gasteiger partial charge in [0.25, 0.3) is 0 Å². The molecule has 3 N–H and O–H groups in total. The molecular formula is C20H26N2O2. The van der Waals surface area contributed by atoms with E-state index in [0.717, 1.165) is 31.4 Å². The highest BCUT2D eigenvalue weighted by atomic mass is 16.5. The number of fused-ring (bicyclic) bond motifs is 1. The van der Waals surface area contributed by atoms with E-state index in [-0.39, 0.29) is 11.9 Å². The van der Waals surface area contributed by atoms with Crippen LogP contribution in [0, 0.1) is 5.92 Å². The van der Waals surface area contributed by atoms with Gasteiger partial charge >= 0.3 is 5.97 Å². The van der Waals surface area contributed by atoms with E-state index in [9.17, 15) is 4.79 Å². The number of hydrogen-bond donors (Lipinski definition) is 2. The summed E-state index contributed by atoms with van der Waals surface area (Å²) in [6, 6.07) is 12.7. The second-order valence-electron chi connectivity index (χ2n) is 6.66. The fourth-order valence-electron chi connectivity index (χ4n) is 3.39. The number of carbonyl (C=O) groups is 1. The Balaban J connectivity index is 1.63. The van der Waals surface area contributed by atoms with Crippen LogP contribution in [0.5, 0.6) is 0 Å². The molecule has 4 heteroatoms. The van der Waals surface area contributed by atoms with E-state index in [1.807, 2.05) is 12.1 Å². The molecule has 0 aliphatic carbocycles. The van der Waals surface area contributed by atoms with Crippen LogP contribution in [0.4, 0.5) is 5.69 Å². The van der Waals surface area contributed by atoms with E-state index < -0.39 is 0 Å². The highest BCUT2D eigenvalue weighted by Gasteiger charge is 2.30. The van der Waals surface area contributed by atoms with Crippen LogP contribution in [0.2, 0.25) is 0 Å². The van der Waals surface area contributed by atoms with E-state index in [1.54, 1.807) is 0 Å². The first-order valence-corrected chi connectivity index (χ1v) is 8.84. The average molecular weight is 326 g/mol. The summed E-state index contributed by atoms with van der Waals surface area (Å²) in [5, 5.41) is 5.88. The van der Waals surface area contributed by atoms with Gasteiger partial charge in [-0.1, -0.05) is 37.6 Å². The Morgan fingerprint density at radius 2 is 2.21 bits per heavy atom. The van der Waals surface area contributed by atoms with Gasteiger partial charge in [0, 0.05) is 18.3 Å². The summed E-state index contributed by atoms with van der Waals surface area (Å²) < 4.78 is 5.36. The molecule has 1 aliphatic rings. The van der Waals surface area contributed by atoms with Crippen molar-refractivity contribution in [3.05, 3.63) is 42.0 Å². The third kappa shape index (κ3) is 3.88. The topological polar surface area (TPSA) is 64.3 Å². The number of anilines is 1. The van der Waals surface area contributed by atoms with E-state index in [1.165, 1.54) is 16.3 Å². The third-order valence-corrected chi connectivity index (χ3v) is 4.76. The smallest absolute Gasteiger partial charge is 0.310 e. The molecule has 1 saturated heterocycles. The van der Waals surface area contributed by atoms with Crippen molar-refractivity contribution in [3.8, 4) is 0 Å². The van der Waals surface area contributed by atoms with Crippen LogP contribution in [0.3, 0.4) is 0 Å². The molecule has 1 heterocycles. The van der Waals surface area contributed by atoms with E-state index >= 15 is 0 Å². The third-order valence-electron chi connectivity index (χ3n) is 4.76. The van der Waals surface area contributed by atoms with Gasteiger partial charge in [-0.3, -0.25) is 4.79 Å². The summed E-state index contributed by atoms with van der Waals surface area (Å²) in [5.74, 6) is -0.0764. The predicted octanol–water partition coefficient (Wildman–Crippen LogP) is 3.29. The van der Waals surface area contributed by atoms with Crippen LogP contribution >= 0.6 is 0 Å². The normalized spacial score (nSPS) is 20.4. The Labute approximate surface area is 143 Å². The van der Waals surface area contributed by atoms with Crippen LogP contribution < -0.4 is 11.1 Å². The van der Waals surface area contributed by atoms with Gasteiger partial charge in [-0.05, 0) is 47.7 Å². The molecule has 2 aromatic rings. The van der Waals surface area contributed by atoms with Crippen LogP contribution in [-0.4, -0.2) is 25.2 Å². The van der Waals surface area contributed by atoms with E-state index in [0.29, 0.717) is 19.2 Å². The molecule has 1 unspecified atom stereocenters. The van der Waals surface area contributed by atoms with Gasteiger partial charge in [-0.25, -0.2) is 0 Å². The molecule has 0 bridgehead atoms. The highest BCUT2D eigenvalue weighted by molar-refractivity contribution is 5.88. The number of rotatable bonds is 6. The van der Waals surface area contributed by atoms with Crippen molar-refractivity contribution < 1.29 is 9.53 Å². The van der Waals surface area contributed by atoms with Crippen LogP contribution in [0.1, 0.15) is 31.7 Å². The maximum Gasteiger partial charge on any atom is 0.310 e. The van der Waals surface area contributed by atoms with E-state index in [2.05, 4.69) is 36.5 Å².